The van der Waals surface area contributed by atoms with Gasteiger partial charge in [-0.2, -0.15) is 4.31 Å². The Bertz CT molecular complexity index is 1060. The summed E-state index contributed by atoms with van der Waals surface area (Å²) in [6, 6.07) is 10.4. The van der Waals surface area contributed by atoms with E-state index in [0.717, 1.165) is 30.4 Å². The lowest BCUT2D eigenvalue weighted by Gasteiger charge is -2.26. The van der Waals surface area contributed by atoms with Gasteiger partial charge >= 0.3 is 0 Å². The van der Waals surface area contributed by atoms with Crippen LogP contribution >= 0.6 is 0 Å². The number of aryl methyl sites for hydroxylation is 2. The molecule has 1 N–H and O–H groups in total. The van der Waals surface area contributed by atoms with E-state index in [1.807, 2.05) is 39.0 Å². The van der Waals surface area contributed by atoms with E-state index in [-0.39, 0.29) is 10.8 Å². The van der Waals surface area contributed by atoms with Crippen LogP contribution in [-0.2, 0) is 14.8 Å². The van der Waals surface area contributed by atoms with Gasteiger partial charge in [0, 0.05) is 13.1 Å². The third kappa shape index (κ3) is 5.42. The van der Waals surface area contributed by atoms with Crippen molar-refractivity contribution < 1.29 is 22.7 Å². The summed E-state index contributed by atoms with van der Waals surface area (Å²) in [5, 5.41) is 2.81. The molecule has 0 bridgehead atoms. The van der Waals surface area contributed by atoms with Crippen molar-refractivity contribution in [2.24, 2.45) is 0 Å². The largest absolute Gasteiger partial charge is 0.495 e. The van der Waals surface area contributed by atoms with E-state index in [1.165, 1.54) is 23.5 Å². The summed E-state index contributed by atoms with van der Waals surface area (Å²) in [7, 11) is -2.15. The molecule has 0 unspecified atom stereocenters. The van der Waals surface area contributed by atoms with E-state index >= 15 is 0 Å². The second-order valence-electron chi connectivity index (χ2n) is 8.10. The number of nitrogens with one attached hydrogen (secondary N) is 1. The van der Waals surface area contributed by atoms with Crippen LogP contribution in [0.1, 0.15) is 43.7 Å². The monoisotopic (exact) mass is 460 g/mol. The van der Waals surface area contributed by atoms with Crippen molar-refractivity contribution in [1.29, 1.82) is 0 Å². The number of carbonyl (C=O) groups is 1. The number of benzene rings is 2. The molecule has 1 amide bonds. The van der Waals surface area contributed by atoms with Crippen LogP contribution in [-0.4, -0.2) is 44.9 Å². The van der Waals surface area contributed by atoms with E-state index in [4.69, 9.17) is 9.47 Å². The summed E-state index contributed by atoms with van der Waals surface area (Å²) < 4.78 is 39.0. The normalized spacial score (nSPS) is 15.8. The Morgan fingerprint density at radius 2 is 1.78 bits per heavy atom. The lowest BCUT2D eigenvalue weighted by molar-refractivity contribution is -0.122. The summed E-state index contributed by atoms with van der Waals surface area (Å²) >= 11 is 0. The highest BCUT2D eigenvalue weighted by Crippen LogP contribution is 2.30. The predicted octanol–water partition coefficient (Wildman–Crippen LogP) is 4.28. The minimum atomic E-state index is -3.63. The van der Waals surface area contributed by atoms with Crippen LogP contribution in [0.3, 0.4) is 0 Å². The molecule has 0 saturated carbocycles. The van der Waals surface area contributed by atoms with Crippen LogP contribution in [0.5, 0.6) is 11.5 Å². The number of rotatable bonds is 8. The molecule has 0 aromatic heterocycles. The molecule has 2 aromatic rings. The zero-order valence-electron chi connectivity index (χ0n) is 19.2. The van der Waals surface area contributed by atoms with Crippen LogP contribution in [0.15, 0.2) is 41.3 Å². The van der Waals surface area contributed by atoms with Gasteiger partial charge in [0.05, 0.1) is 17.7 Å². The summed E-state index contributed by atoms with van der Waals surface area (Å²) in [5.41, 5.74) is 2.28. The van der Waals surface area contributed by atoms with Gasteiger partial charge in [-0.3, -0.25) is 4.79 Å². The lowest BCUT2D eigenvalue weighted by atomic mass is 10.1. The highest BCUT2D eigenvalue weighted by Gasteiger charge is 2.28. The molecule has 1 fully saturated rings. The number of sulfonamides is 1. The SMILES string of the molecule is CC[C@H](Oc1cc(C)ccc1C)C(=O)Nc1cc(S(=O)(=O)N2CCCCC2)ccc1OC. The summed E-state index contributed by atoms with van der Waals surface area (Å²) in [4.78, 5) is 13.2. The van der Waals surface area contributed by atoms with Gasteiger partial charge in [0.25, 0.3) is 5.91 Å². The maximum atomic E-state index is 13.1. The number of piperidine rings is 1. The zero-order valence-corrected chi connectivity index (χ0v) is 20.0. The molecule has 3 rings (SSSR count). The maximum absolute atomic E-state index is 13.1. The smallest absolute Gasteiger partial charge is 0.265 e. The molecule has 174 valence electrons. The first-order valence-electron chi connectivity index (χ1n) is 11.0. The van der Waals surface area contributed by atoms with Crippen molar-refractivity contribution in [1.82, 2.24) is 4.31 Å². The average Bonchev–Trinajstić information content (AvgIpc) is 2.80. The molecule has 2 aromatic carbocycles. The van der Waals surface area contributed by atoms with Crippen molar-refractivity contribution in [2.45, 2.75) is 57.5 Å². The van der Waals surface area contributed by atoms with Crippen molar-refractivity contribution >= 4 is 21.6 Å². The average molecular weight is 461 g/mol. The molecule has 1 atom stereocenters. The molecule has 1 heterocycles. The van der Waals surface area contributed by atoms with E-state index in [0.29, 0.717) is 36.7 Å². The maximum Gasteiger partial charge on any atom is 0.265 e. The molecule has 0 aliphatic carbocycles. The number of anilines is 1. The van der Waals surface area contributed by atoms with Gasteiger partial charge in [0.15, 0.2) is 6.10 Å². The van der Waals surface area contributed by atoms with Gasteiger partial charge in [0.1, 0.15) is 11.5 Å². The van der Waals surface area contributed by atoms with Crippen molar-refractivity contribution in [3.63, 3.8) is 0 Å². The number of methoxy groups -OCH3 is 1. The molecule has 7 nitrogen and oxygen atoms in total. The number of amides is 1. The van der Waals surface area contributed by atoms with Gasteiger partial charge in [-0.25, -0.2) is 8.42 Å². The van der Waals surface area contributed by atoms with Crippen molar-refractivity contribution in [3.05, 3.63) is 47.5 Å². The number of ether oxygens (including phenoxy) is 2. The fourth-order valence-corrected chi connectivity index (χ4v) is 5.27. The quantitative estimate of drug-likeness (QED) is 0.635. The van der Waals surface area contributed by atoms with Crippen LogP contribution in [0.25, 0.3) is 0 Å². The van der Waals surface area contributed by atoms with Crippen molar-refractivity contribution in [2.75, 3.05) is 25.5 Å². The fraction of sp³-hybridized carbons (Fsp3) is 0.458. The van der Waals surface area contributed by atoms with Crippen LogP contribution in [0.4, 0.5) is 5.69 Å². The predicted molar refractivity (Wildman–Crippen MR) is 125 cm³/mol. The first-order valence-corrected chi connectivity index (χ1v) is 12.4. The Morgan fingerprint density at radius 3 is 2.44 bits per heavy atom. The van der Waals surface area contributed by atoms with Crippen LogP contribution in [0, 0.1) is 13.8 Å². The van der Waals surface area contributed by atoms with Crippen LogP contribution in [0.2, 0.25) is 0 Å². The molecular weight excluding hydrogens is 428 g/mol. The van der Waals surface area contributed by atoms with Gasteiger partial charge in [0.2, 0.25) is 10.0 Å². The first kappa shape index (κ1) is 24.1. The fourth-order valence-electron chi connectivity index (χ4n) is 3.72. The third-order valence-electron chi connectivity index (χ3n) is 5.66. The number of hydrogen-bond acceptors (Lipinski definition) is 5. The Morgan fingerprint density at radius 1 is 1.06 bits per heavy atom. The zero-order chi connectivity index (χ0) is 23.3. The Balaban J connectivity index is 1.83. The molecule has 8 heteroatoms. The topological polar surface area (TPSA) is 84.9 Å². The lowest BCUT2D eigenvalue weighted by Crippen LogP contribution is -2.35. The van der Waals surface area contributed by atoms with E-state index in [9.17, 15) is 13.2 Å². The minimum absolute atomic E-state index is 0.138. The van der Waals surface area contributed by atoms with Crippen LogP contribution < -0.4 is 14.8 Å². The van der Waals surface area contributed by atoms with Gasteiger partial charge in [-0.05, 0) is 68.5 Å². The summed E-state index contributed by atoms with van der Waals surface area (Å²) in [6.07, 6.45) is 2.46. The summed E-state index contributed by atoms with van der Waals surface area (Å²) in [5.74, 6) is 0.678. The minimum Gasteiger partial charge on any atom is -0.495 e. The molecule has 0 radical (unpaired) electrons. The second kappa shape index (κ2) is 10.4. The Labute approximate surface area is 190 Å². The Hall–Kier alpha value is -2.58. The molecule has 32 heavy (non-hydrogen) atoms. The molecule has 1 aliphatic rings. The highest BCUT2D eigenvalue weighted by molar-refractivity contribution is 7.89. The van der Waals surface area contributed by atoms with Gasteiger partial charge in [-0.1, -0.05) is 25.5 Å². The van der Waals surface area contributed by atoms with Crippen molar-refractivity contribution in [3.8, 4) is 11.5 Å². The standard InChI is InChI=1S/C24H32N2O5S/c1-5-21(31-23-15-17(2)9-10-18(23)3)24(27)25-20-16-19(11-12-22(20)30-4)32(28,29)26-13-7-6-8-14-26/h9-12,15-16,21H,5-8,13-14H2,1-4H3,(H,25,27)/t21-/m0/s1. The molecular formula is C24H32N2O5S. The molecule has 1 saturated heterocycles. The van der Waals surface area contributed by atoms with Gasteiger partial charge in [-0.15, -0.1) is 0 Å². The molecule has 0 spiro atoms. The summed E-state index contributed by atoms with van der Waals surface area (Å²) in [6.45, 7) is 6.78. The van der Waals surface area contributed by atoms with E-state index in [1.54, 1.807) is 6.07 Å². The molecule has 1 aliphatic heterocycles. The highest BCUT2D eigenvalue weighted by atomic mass is 32.2. The first-order chi connectivity index (χ1) is 15.3. The van der Waals surface area contributed by atoms with E-state index < -0.39 is 16.1 Å². The van der Waals surface area contributed by atoms with E-state index in [2.05, 4.69) is 5.32 Å². The Kier molecular flexibility index (Phi) is 7.79. The third-order valence-corrected chi connectivity index (χ3v) is 7.55. The second-order valence-corrected chi connectivity index (χ2v) is 10.0. The van der Waals surface area contributed by atoms with Gasteiger partial charge < -0.3 is 14.8 Å². The number of carbonyl (C=O) groups excluding carboxylic acids is 1. The number of nitrogens with zero attached hydrogens (tertiary/aromatic N) is 1. The number of hydrogen-bond donors (Lipinski definition) is 1.